The monoisotopic (exact) mass is 360 g/mol. The minimum absolute atomic E-state index is 0.0758. The van der Waals surface area contributed by atoms with Crippen molar-refractivity contribution in [1.29, 1.82) is 0 Å². The highest BCUT2D eigenvalue weighted by Crippen LogP contribution is 2.15. The average molecular weight is 361 g/mol. The van der Waals surface area contributed by atoms with Crippen molar-refractivity contribution in [2.24, 2.45) is 0 Å². The fourth-order valence-corrected chi connectivity index (χ4v) is 2.62. The first-order chi connectivity index (χ1) is 11.8. The molecule has 2 atom stereocenters. The summed E-state index contributed by atoms with van der Waals surface area (Å²) >= 11 is 5.90. The third-order valence-corrected chi connectivity index (χ3v) is 4.11. The number of carbonyl (C=O) groups is 2. The van der Waals surface area contributed by atoms with Crippen LogP contribution in [0.4, 0.5) is 11.4 Å². The largest absolute Gasteiger partial charge is 0.330 e. The van der Waals surface area contributed by atoms with Crippen LogP contribution in [-0.4, -0.2) is 17.9 Å². The van der Waals surface area contributed by atoms with Gasteiger partial charge in [-0.05, 0) is 50.2 Å². The Balaban J connectivity index is 1.91. The molecule has 2 amide bonds. The van der Waals surface area contributed by atoms with Crippen LogP contribution in [0.25, 0.3) is 0 Å². The summed E-state index contributed by atoms with van der Waals surface area (Å²) in [7, 11) is 0. The number of hydrogen-bond donors (Lipinski definition) is 3. The fourth-order valence-electron chi connectivity index (χ4n) is 2.49. The van der Waals surface area contributed by atoms with Gasteiger partial charge in [0.15, 0.2) is 6.04 Å². The molecule has 0 fully saturated rings. The zero-order chi connectivity index (χ0) is 18.4. The van der Waals surface area contributed by atoms with Crippen molar-refractivity contribution in [3.05, 3.63) is 59.1 Å². The highest BCUT2D eigenvalue weighted by atomic mass is 35.5. The van der Waals surface area contributed by atoms with E-state index in [2.05, 4.69) is 17.6 Å². The number of quaternary nitrogens is 1. The zero-order valence-electron chi connectivity index (χ0n) is 14.5. The third kappa shape index (κ3) is 5.89. The first-order valence-electron chi connectivity index (χ1n) is 8.14. The molecule has 0 aliphatic rings. The Morgan fingerprint density at radius 1 is 0.920 bits per heavy atom. The Kier molecular flexibility index (Phi) is 6.56. The number of benzene rings is 2. The molecule has 0 aliphatic heterocycles. The Hall–Kier alpha value is -2.37. The second-order valence-corrected chi connectivity index (χ2v) is 6.51. The van der Waals surface area contributed by atoms with Crippen molar-refractivity contribution in [1.82, 2.24) is 0 Å². The number of halogens is 1. The van der Waals surface area contributed by atoms with Crippen LogP contribution in [0.5, 0.6) is 0 Å². The predicted octanol–water partition coefficient (Wildman–Crippen LogP) is 2.95. The van der Waals surface area contributed by atoms with Gasteiger partial charge < -0.3 is 16.0 Å². The van der Waals surface area contributed by atoms with Crippen LogP contribution in [0.3, 0.4) is 0 Å². The molecule has 0 aromatic heterocycles. The van der Waals surface area contributed by atoms with Crippen molar-refractivity contribution < 1.29 is 14.9 Å². The lowest BCUT2D eigenvalue weighted by Gasteiger charge is -2.17. The zero-order valence-corrected chi connectivity index (χ0v) is 15.3. The van der Waals surface area contributed by atoms with E-state index in [1.807, 2.05) is 36.5 Å². The molecule has 0 bridgehead atoms. The molecule has 2 rings (SSSR count). The molecule has 0 saturated heterocycles. The van der Waals surface area contributed by atoms with Gasteiger partial charge in [0.1, 0.15) is 6.04 Å². The molecule has 0 saturated carbocycles. The molecule has 0 aliphatic carbocycles. The Morgan fingerprint density at radius 2 is 1.44 bits per heavy atom. The summed E-state index contributed by atoms with van der Waals surface area (Å²) < 4.78 is 0. The van der Waals surface area contributed by atoms with Crippen LogP contribution in [0.1, 0.15) is 32.4 Å². The number of hydrogen-bond acceptors (Lipinski definition) is 2. The van der Waals surface area contributed by atoms with Gasteiger partial charge in [0, 0.05) is 28.9 Å². The van der Waals surface area contributed by atoms with E-state index in [4.69, 9.17) is 11.6 Å². The van der Waals surface area contributed by atoms with Gasteiger partial charge in [-0.15, -0.1) is 0 Å². The Labute approximate surface area is 152 Å². The van der Waals surface area contributed by atoms with E-state index in [1.165, 1.54) is 6.92 Å². The molecule has 4 N–H and O–H groups in total. The number of rotatable bonds is 6. The molecule has 0 heterocycles. The summed E-state index contributed by atoms with van der Waals surface area (Å²) in [6, 6.07) is 14.6. The van der Waals surface area contributed by atoms with Gasteiger partial charge in [-0.2, -0.15) is 0 Å². The van der Waals surface area contributed by atoms with Gasteiger partial charge in [-0.25, -0.2) is 0 Å². The molecule has 25 heavy (non-hydrogen) atoms. The van der Waals surface area contributed by atoms with E-state index in [1.54, 1.807) is 24.3 Å². The Morgan fingerprint density at radius 3 is 1.96 bits per heavy atom. The molecule has 6 heteroatoms. The van der Waals surface area contributed by atoms with Crippen molar-refractivity contribution in [2.75, 3.05) is 10.6 Å². The lowest BCUT2D eigenvalue weighted by molar-refractivity contribution is -0.709. The summed E-state index contributed by atoms with van der Waals surface area (Å²) in [5.41, 5.74) is 2.50. The summed E-state index contributed by atoms with van der Waals surface area (Å²) in [4.78, 5) is 23.4. The van der Waals surface area contributed by atoms with E-state index < -0.39 is 0 Å². The molecular weight excluding hydrogens is 338 g/mol. The SMILES string of the molecule is CC(=O)Nc1ccc(NC(=O)[C@@H](C)[NH2+][C@@H](C)c2ccc(Cl)cc2)cc1. The van der Waals surface area contributed by atoms with E-state index in [9.17, 15) is 9.59 Å². The van der Waals surface area contributed by atoms with E-state index in [0.29, 0.717) is 16.4 Å². The van der Waals surface area contributed by atoms with Crippen LogP contribution >= 0.6 is 11.6 Å². The molecule has 0 radical (unpaired) electrons. The lowest BCUT2D eigenvalue weighted by atomic mass is 10.1. The van der Waals surface area contributed by atoms with Gasteiger partial charge >= 0.3 is 0 Å². The molecule has 132 valence electrons. The van der Waals surface area contributed by atoms with Gasteiger partial charge in [-0.1, -0.05) is 23.7 Å². The standard InChI is InChI=1S/C19H22ClN3O2/c1-12(15-4-6-16(20)7-5-15)21-13(2)19(25)23-18-10-8-17(9-11-18)22-14(3)24/h4-13,21H,1-3H3,(H,22,24)(H,23,25)/p+1/t12-,13+/m0/s1. The van der Waals surface area contributed by atoms with E-state index >= 15 is 0 Å². The number of nitrogens with one attached hydrogen (secondary N) is 2. The van der Waals surface area contributed by atoms with Crippen LogP contribution < -0.4 is 16.0 Å². The third-order valence-electron chi connectivity index (χ3n) is 3.86. The first-order valence-corrected chi connectivity index (χ1v) is 8.52. The molecule has 2 aromatic carbocycles. The maximum Gasteiger partial charge on any atom is 0.282 e. The first kappa shape index (κ1) is 19.0. The van der Waals surface area contributed by atoms with Crippen molar-refractivity contribution >= 4 is 34.8 Å². The fraction of sp³-hybridized carbons (Fsp3) is 0.263. The van der Waals surface area contributed by atoms with Crippen LogP contribution in [0.15, 0.2) is 48.5 Å². The van der Waals surface area contributed by atoms with E-state index in [-0.39, 0.29) is 23.9 Å². The summed E-state index contributed by atoms with van der Waals surface area (Å²) in [6.45, 7) is 5.37. The predicted molar refractivity (Wildman–Crippen MR) is 101 cm³/mol. The lowest BCUT2D eigenvalue weighted by Crippen LogP contribution is -2.91. The number of amides is 2. The second kappa shape index (κ2) is 8.65. The molecule has 0 unspecified atom stereocenters. The number of carbonyl (C=O) groups excluding carboxylic acids is 2. The molecule has 2 aromatic rings. The highest BCUT2D eigenvalue weighted by Gasteiger charge is 2.20. The topological polar surface area (TPSA) is 74.8 Å². The smallest absolute Gasteiger partial charge is 0.282 e. The number of anilines is 2. The van der Waals surface area contributed by atoms with Crippen LogP contribution in [-0.2, 0) is 9.59 Å². The van der Waals surface area contributed by atoms with Gasteiger partial charge in [-0.3, -0.25) is 9.59 Å². The minimum atomic E-state index is -0.249. The summed E-state index contributed by atoms with van der Waals surface area (Å²) in [6.07, 6.45) is 0. The summed E-state index contributed by atoms with van der Waals surface area (Å²) in [5.74, 6) is -0.204. The highest BCUT2D eigenvalue weighted by molar-refractivity contribution is 6.30. The van der Waals surface area contributed by atoms with Crippen LogP contribution in [0.2, 0.25) is 5.02 Å². The number of nitrogens with two attached hydrogens (primary N) is 1. The molecular formula is C19H23ClN3O2+. The van der Waals surface area contributed by atoms with Crippen molar-refractivity contribution in [3.63, 3.8) is 0 Å². The van der Waals surface area contributed by atoms with Crippen molar-refractivity contribution in [3.8, 4) is 0 Å². The molecule has 5 nitrogen and oxygen atoms in total. The van der Waals surface area contributed by atoms with Crippen LogP contribution in [0, 0.1) is 0 Å². The maximum atomic E-state index is 12.4. The average Bonchev–Trinajstić information content (AvgIpc) is 2.56. The minimum Gasteiger partial charge on any atom is -0.330 e. The quantitative estimate of drug-likeness (QED) is 0.740. The Bertz CT molecular complexity index is 729. The normalized spacial score (nSPS) is 13.0. The van der Waals surface area contributed by atoms with Crippen molar-refractivity contribution in [2.45, 2.75) is 32.9 Å². The van der Waals surface area contributed by atoms with Gasteiger partial charge in [0.25, 0.3) is 5.91 Å². The summed E-state index contributed by atoms with van der Waals surface area (Å²) in [5, 5.41) is 8.28. The maximum absolute atomic E-state index is 12.4. The van der Waals surface area contributed by atoms with Gasteiger partial charge in [0.05, 0.1) is 0 Å². The van der Waals surface area contributed by atoms with Gasteiger partial charge in [0.2, 0.25) is 5.91 Å². The van der Waals surface area contributed by atoms with E-state index in [0.717, 1.165) is 5.56 Å². The second-order valence-electron chi connectivity index (χ2n) is 6.07. The molecule has 0 spiro atoms.